The lowest BCUT2D eigenvalue weighted by atomic mass is 10.1. The summed E-state index contributed by atoms with van der Waals surface area (Å²) in [5.41, 5.74) is -1.06. The fraction of sp³-hybridized carbons (Fsp3) is 0.167. The van der Waals surface area contributed by atoms with Gasteiger partial charge in [0.1, 0.15) is 0 Å². The predicted molar refractivity (Wildman–Crippen MR) is 91.5 cm³/mol. The SMILES string of the molecule is O=C(CCN1C(=O)c2ccc(Cl)cc2C1=O)Nc1ccccc1C(F)(F)F. The second kappa shape index (κ2) is 7.03. The zero-order valence-electron chi connectivity index (χ0n) is 13.6. The molecule has 9 heteroatoms. The van der Waals surface area contributed by atoms with Crippen molar-refractivity contribution in [2.45, 2.75) is 12.6 Å². The molecule has 5 nitrogen and oxygen atoms in total. The maximum Gasteiger partial charge on any atom is 0.418 e. The number of carbonyl (C=O) groups excluding carboxylic acids is 3. The van der Waals surface area contributed by atoms with Crippen molar-refractivity contribution in [3.05, 3.63) is 64.2 Å². The number of alkyl halides is 3. The van der Waals surface area contributed by atoms with Crippen LogP contribution in [0.3, 0.4) is 0 Å². The fourth-order valence-electron chi connectivity index (χ4n) is 2.73. The number of nitrogens with one attached hydrogen (secondary N) is 1. The van der Waals surface area contributed by atoms with Crippen molar-refractivity contribution in [3.63, 3.8) is 0 Å². The lowest BCUT2D eigenvalue weighted by Gasteiger charge is -2.15. The third-order valence-electron chi connectivity index (χ3n) is 4.00. The zero-order valence-corrected chi connectivity index (χ0v) is 14.4. The smallest absolute Gasteiger partial charge is 0.325 e. The van der Waals surface area contributed by atoms with Crippen LogP contribution >= 0.6 is 11.6 Å². The van der Waals surface area contributed by atoms with E-state index in [-0.39, 0.29) is 29.8 Å². The first kappa shape index (κ1) is 18.9. The molecule has 0 spiro atoms. The molecule has 0 atom stereocenters. The summed E-state index contributed by atoms with van der Waals surface area (Å²) in [5.74, 6) is -1.92. The number of amides is 3. The highest BCUT2D eigenvalue weighted by Crippen LogP contribution is 2.34. The predicted octanol–water partition coefficient (Wildman–Crippen LogP) is 3.98. The summed E-state index contributed by atoms with van der Waals surface area (Å²) in [6.45, 7) is -0.260. The van der Waals surface area contributed by atoms with Crippen LogP contribution in [-0.4, -0.2) is 29.2 Å². The Hall–Kier alpha value is -2.87. The van der Waals surface area contributed by atoms with E-state index in [9.17, 15) is 27.6 Å². The minimum atomic E-state index is -4.62. The van der Waals surface area contributed by atoms with Gasteiger partial charge in [0.2, 0.25) is 5.91 Å². The van der Waals surface area contributed by atoms with Gasteiger partial charge in [0.05, 0.1) is 22.4 Å². The maximum absolute atomic E-state index is 13.0. The van der Waals surface area contributed by atoms with E-state index in [2.05, 4.69) is 5.32 Å². The van der Waals surface area contributed by atoms with E-state index in [0.29, 0.717) is 5.02 Å². The van der Waals surface area contributed by atoms with Gasteiger partial charge in [-0.1, -0.05) is 23.7 Å². The summed E-state index contributed by atoms with van der Waals surface area (Å²) < 4.78 is 38.9. The van der Waals surface area contributed by atoms with Crippen LogP contribution in [0.1, 0.15) is 32.7 Å². The van der Waals surface area contributed by atoms with Gasteiger partial charge < -0.3 is 5.32 Å². The van der Waals surface area contributed by atoms with Crippen LogP contribution < -0.4 is 5.32 Å². The standard InChI is InChI=1S/C18H12ClF3N2O3/c19-10-5-6-11-12(9-10)17(27)24(16(11)26)8-7-15(25)23-14-4-2-1-3-13(14)18(20,21)22/h1-6,9H,7-8H2,(H,23,25). The van der Waals surface area contributed by atoms with Crippen LogP contribution in [0.2, 0.25) is 5.02 Å². The number of benzene rings is 2. The normalized spacial score (nSPS) is 13.7. The van der Waals surface area contributed by atoms with Crippen LogP contribution in [0, 0.1) is 0 Å². The largest absolute Gasteiger partial charge is 0.418 e. The van der Waals surface area contributed by atoms with E-state index in [1.807, 2.05) is 0 Å². The minimum Gasteiger partial charge on any atom is -0.325 e. The van der Waals surface area contributed by atoms with Gasteiger partial charge in [-0.15, -0.1) is 0 Å². The molecule has 3 amide bonds. The van der Waals surface area contributed by atoms with Crippen LogP contribution in [0.15, 0.2) is 42.5 Å². The second-order valence-corrected chi connectivity index (χ2v) is 6.23. The van der Waals surface area contributed by atoms with E-state index in [1.54, 1.807) is 0 Å². The molecule has 0 saturated heterocycles. The fourth-order valence-corrected chi connectivity index (χ4v) is 2.90. The molecule has 0 unspecified atom stereocenters. The molecule has 0 saturated carbocycles. The Morgan fingerprint density at radius 2 is 1.70 bits per heavy atom. The zero-order chi connectivity index (χ0) is 19.8. The van der Waals surface area contributed by atoms with Gasteiger partial charge >= 0.3 is 6.18 Å². The first-order valence-corrected chi connectivity index (χ1v) is 8.18. The summed E-state index contributed by atoms with van der Waals surface area (Å²) in [5, 5.41) is 2.46. The summed E-state index contributed by atoms with van der Waals surface area (Å²) in [6.07, 6.45) is -4.96. The van der Waals surface area contributed by atoms with Gasteiger partial charge in [0.15, 0.2) is 0 Å². The second-order valence-electron chi connectivity index (χ2n) is 5.79. The van der Waals surface area contributed by atoms with Crippen molar-refractivity contribution in [1.29, 1.82) is 0 Å². The summed E-state index contributed by atoms with van der Waals surface area (Å²) in [6, 6.07) is 8.79. The lowest BCUT2D eigenvalue weighted by Crippen LogP contribution is -2.33. The number of rotatable bonds is 4. The average molecular weight is 397 g/mol. The summed E-state index contributed by atoms with van der Waals surface area (Å²) in [7, 11) is 0. The third kappa shape index (κ3) is 3.80. The Morgan fingerprint density at radius 1 is 1.04 bits per heavy atom. The molecule has 2 aromatic rings. The van der Waals surface area contributed by atoms with E-state index >= 15 is 0 Å². The molecule has 1 aliphatic heterocycles. The number of hydrogen-bond acceptors (Lipinski definition) is 3. The number of carbonyl (C=O) groups is 3. The Morgan fingerprint density at radius 3 is 2.41 bits per heavy atom. The monoisotopic (exact) mass is 396 g/mol. The molecular weight excluding hydrogens is 385 g/mol. The number of nitrogens with zero attached hydrogens (tertiary/aromatic N) is 1. The van der Waals surface area contributed by atoms with Gasteiger partial charge in [-0.2, -0.15) is 13.2 Å². The van der Waals surface area contributed by atoms with Crippen molar-refractivity contribution in [2.24, 2.45) is 0 Å². The van der Waals surface area contributed by atoms with Gasteiger partial charge in [-0.25, -0.2) is 0 Å². The third-order valence-corrected chi connectivity index (χ3v) is 4.24. The van der Waals surface area contributed by atoms with Crippen molar-refractivity contribution in [2.75, 3.05) is 11.9 Å². The van der Waals surface area contributed by atoms with Gasteiger partial charge in [0, 0.05) is 18.0 Å². The van der Waals surface area contributed by atoms with Crippen molar-refractivity contribution >= 4 is 35.0 Å². The lowest BCUT2D eigenvalue weighted by molar-refractivity contribution is -0.137. The van der Waals surface area contributed by atoms with Crippen LogP contribution in [0.25, 0.3) is 0 Å². The summed E-state index contributed by atoms with van der Waals surface area (Å²) >= 11 is 5.82. The quantitative estimate of drug-likeness (QED) is 0.795. The minimum absolute atomic E-state index is 0.135. The molecule has 27 heavy (non-hydrogen) atoms. The Kier molecular flexibility index (Phi) is 4.93. The average Bonchev–Trinajstić information content (AvgIpc) is 2.83. The summed E-state index contributed by atoms with van der Waals surface area (Å²) in [4.78, 5) is 37.4. The number of hydrogen-bond donors (Lipinski definition) is 1. The number of imide groups is 1. The maximum atomic E-state index is 13.0. The Bertz CT molecular complexity index is 944. The van der Waals surface area contributed by atoms with Crippen molar-refractivity contribution in [1.82, 2.24) is 4.90 Å². The number of fused-ring (bicyclic) bond motifs is 1. The van der Waals surface area contributed by atoms with Crippen LogP contribution in [0.4, 0.5) is 18.9 Å². The molecule has 0 radical (unpaired) electrons. The van der Waals surface area contributed by atoms with Gasteiger partial charge in [-0.3, -0.25) is 19.3 Å². The Labute approximate surface area is 156 Å². The first-order chi connectivity index (χ1) is 12.7. The number of para-hydroxylation sites is 1. The molecule has 3 rings (SSSR count). The molecule has 0 fully saturated rings. The highest BCUT2D eigenvalue weighted by Gasteiger charge is 2.36. The number of anilines is 1. The number of halogens is 4. The van der Waals surface area contributed by atoms with E-state index in [1.165, 1.54) is 30.3 Å². The molecule has 1 aliphatic rings. The molecule has 140 valence electrons. The van der Waals surface area contributed by atoms with E-state index < -0.39 is 29.5 Å². The molecule has 1 N–H and O–H groups in total. The molecule has 2 aromatic carbocycles. The molecule has 0 aromatic heterocycles. The van der Waals surface area contributed by atoms with Crippen LogP contribution in [0.5, 0.6) is 0 Å². The van der Waals surface area contributed by atoms with E-state index in [4.69, 9.17) is 11.6 Å². The van der Waals surface area contributed by atoms with Crippen LogP contribution in [-0.2, 0) is 11.0 Å². The van der Waals surface area contributed by atoms with E-state index in [0.717, 1.165) is 17.0 Å². The van der Waals surface area contributed by atoms with Crippen molar-refractivity contribution < 1.29 is 27.6 Å². The van der Waals surface area contributed by atoms with Gasteiger partial charge in [-0.05, 0) is 30.3 Å². The molecule has 0 bridgehead atoms. The topological polar surface area (TPSA) is 66.5 Å². The molecule has 0 aliphatic carbocycles. The Balaban J connectivity index is 1.68. The molecule has 1 heterocycles. The highest BCUT2D eigenvalue weighted by molar-refractivity contribution is 6.32. The first-order valence-electron chi connectivity index (χ1n) is 7.80. The van der Waals surface area contributed by atoms with Gasteiger partial charge in [0.25, 0.3) is 11.8 Å². The molecular formula is C18H12ClF3N2O3. The highest BCUT2D eigenvalue weighted by atomic mass is 35.5. The van der Waals surface area contributed by atoms with Crippen molar-refractivity contribution in [3.8, 4) is 0 Å².